The molecule has 2 heterocycles. The lowest BCUT2D eigenvalue weighted by molar-refractivity contribution is -0.123. The van der Waals surface area contributed by atoms with Gasteiger partial charge >= 0.3 is 24.0 Å². The quantitative estimate of drug-likeness (QED) is 0.00964. The van der Waals surface area contributed by atoms with E-state index < -0.39 is 30.0 Å². The molecule has 0 aliphatic heterocycles. The van der Waals surface area contributed by atoms with Gasteiger partial charge in [0.25, 0.3) is 23.6 Å². The van der Waals surface area contributed by atoms with E-state index in [1.54, 1.807) is 59.9 Å². The first-order chi connectivity index (χ1) is 53.5. The number of nitrogens with one attached hydrogen (secondary N) is 9. The van der Waals surface area contributed by atoms with Crippen molar-refractivity contribution in [1.29, 1.82) is 0 Å². The van der Waals surface area contributed by atoms with Crippen molar-refractivity contribution in [3.8, 4) is 23.0 Å². The summed E-state index contributed by atoms with van der Waals surface area (Å²) in [5, 5.41) is 67.2. The molecular formula is C79H91Cl2N11O15S4. The number of thiophene rings is 2. The molecule has 2 aromatic heterocycles. The molecule has 0 radical (unpaired) electrons. The van der Waals surface area contributed by atoms with Crippen LogP contribution in [0.4, 0.5) is 9.59 Å². The van der Waals surface area contributed by atoms with E-state index in [0.29, 0.717) is 143 Å². The molecule has 590 valence electrons. The summed E-state index contributed by atoms with van der Waals surface area (Å²) in [4.78, 5) is 110. The topological polar surface area (TPSA) is 386 Å². The number of carboxylic acid groups (broad SMARTS) is 2. The number of amides is 8. The molecule has 8 amide bonds. The molecule has 0 saturated carbocycles. The minimum atomic E-state index is -1.25. The van der Waals surface area contributed by atoms with Crippen molar-refractivity contribution in [2.75, 3.05) is 50.9 Å². The molecule has 0 saturated heterocycles. The number of phenols is 2. The monoisotopic (exact) mass is 1630 g/mol. The Morgan fingerprint density at radius 1 is 0.514 bits per heavy atom. The zero-order chi connectivity index (χ0) is 80.5. The van der Waals surface area contributed by atoms with Gasteiger partial charge in [-0.05, 0) is 165 Å². The van der Waals surface area contributed by atoms with E-state index in [9.17, 15) is 53.4 Å². The number of hydrogen-bond donors (Lipinski definition) is 13. The summed E-state index contributed by atoms with van der Waals surface area (Å²) in [6.45, 7) is 12.2. The van der Waals surface area contributed by atoms with E-state index in [2.05, 4.69) is 65.2 Å². The molecule has 13 N–H and O–H groups in total. The van der Waals surface area contributed by atoms with Crippen molar-refractivity contribution in [3.63, 3.8) is 0 Å². The summed E-state index contributed by atoms with van der Waals surface area (Å²) in [6, 6.07) is 43.6. The van der Waals surface area contributed by atoms with Gasteiger partial charge < -0.3 is 67.1 Å². The molecule has 0 unspecified atom stereocenters. The molecule has 111 heavy (non-hydrogen) atoms. The minimum Gasteiger partial charge on any atom is -0.507 e. The van der Waals surface area contributed by atoms with Crippen LogP contribution in [-0.2, 0) is 53.4 Å². The summed E-state index contributed by atoms with van der Waals surface area (Å²) < 4.78 is 11.0. The SMILES string of the molecule is CCNC(=O)COc1ccc(CCNC(=O)N/N=C(\CSCc2ccccc2Cl)[C@H](CC)NC(=O)c2ccc(CC)s2)cc1.CCNC(=O)COc1ccc(CCNC(=O)N/N=C(\CSCc2ccccc2Cl)[C@H](CC)NC(=O)c2ccc(CNCc3ccc(O)c(C(=O)O)c3)s2)cc1.O=Cc1ccc(O)c(C(=O)O)c1. The Balaban J connectivity index is 0.000000305. The van der Waals surface area contributed by atoms with Gasteiger partial charge in [0.15, 0.2) is 13.2 Å². The van der Waals surface area contributed by atoms with Crippen LogP contribution in [0, 0.1) is 0 Å². The second-order valence-electron chi connectivity index (χ2n) is 24.1. The molecule has 0 aliphatic rings. The number of halogens is 2. The molecule has 6 aromatic carbocycles. The van der Waals surface area contributed by atoms with Crippen molar-refractivity contribution < 1.29 is 73.1 Å². The first-order valence-corrected chi connectivity index (χ1v) is 40.1. The second kappa shape index (κ2) is 48.9. The first kappa shape index (κ1) is 89.4. The van der Waals surface area contributed by atoms with Crippen molar-refractivity contribution in [3.05, 3.63) is 232 Å². The van der Waals surface area contributed by atoms with Gasteiger partial charge in [-0.25, -0.2) is 30.0 Å². The number of likely N-dealkylation sites (N-methyl/N-ethyl adjacent to an activating group) is 2. The predicted octanol–water partition coefficient (Wildman–Crippen LogP) is 12.7. The highest BCUT2D eigenvalue weighted by molar-refractivity contribution is 7.99. The van der Waals surface area contributed by atoms with Gasteiger partial charge in [0, 0.05) is 87.6 Å². The highest BCUT2D eigenvalue weighted by Crippen LogP contribution is 2.26. The molecule has 0 spiro atoms. The Labute approximate surface area is 670 Å². The van der Waals surface area contributed by atoms with Crippen molar-refractivity contribution in [2.45, 2.75) is 103 Å². The Morgan fingerprint density at radius 2 is 0.946 bits per heavy atom. The number of aromatic carboxylic acids is 2. The van der Waals surface area contributed by atoms with Gasteiger partial charge in [0.05, 0.1) is 33.3 Å². The molecule has 0 aliphatic carbocycles. The number of rotatable bonds is 40. The third kappa shape index (κ3) is 32.2. The third-order valence-electron chi connectivity index (χ3n) is 15.9. The average molecular weight is 1630 g/mol. The molecule has 8 aromatic rings. The summed E-state index contributed by atoms with van der Waals surface area (Å²) in [5.74, 6) is -0.535. The van der Waals surface area contributed by atoms with Crippen LogP contribution >= 0.6 is 69.4 Å². The van der Waals surface area contributed by atoms with Crippen molar-refractivity contribution >= 4 is 135 Å². The number of ether oxygens (including phenoxy) is 2. The number of urea groups is 2. The summed E-state index contributed by atoms with van der Waals surface area (Å²) in [5.41, 5.74) is 10.9. The van der Waals surface area contributed by atoms with Crippen LogP contribution in [0.3, 0.4) is 0 Å². The Morgan fingerprint density at radius 3 is 1.37 bits per heavy atom. The summed E-state index contributed by atoms with van der Waals surface area (Å²) >= 11 is 18.7. The highest BCUT2D eigenvalue weighted by atomic mass is 35.5. The number of hydrogen-bond acceptors (Lipinski definition) is 20. The molecule has 8 rings (SSSR count). The van der Waals surface area contributed by atoms with Gasteiger partial charge in [0.1, 0.15) is 40.4 Å². The number of nitrogens with zero attached hydrogens (tertiary/aromatic N) is 2. The van der Waals surface area contributed by atoms with E-state index in [1.165, 1.54) is 46.9 Å². The number of hydrazone groups is 2. The van der Waals surface area contributed by atoms with E-state index >= 15 is 0 Å². The molecule has 26 nitrogen and oxygen atoms in total. The normalized spacial score (nSPS) is 11.5. The predicted molar refractivity (Wildman–Crippen MR) is 439 cm³/mol. The maximum atomic E-state index is 13.4. The van der Waals surface area contributed by atoms with Crippen molar-refractivity contribution in [2.24, 2.45) is 10.2 Å². The summed E-state index contributed by atoms with van der Waals surface area (Å²) in [7, 11) is 0. The number of aryl methyl sites for hydroxylation is 1. The van der Waals surface area contributed by atoms with Gasteiger partial charge in [-0.2, -0.15) is 33.7 Å². The number of benzene rings is 6. The lowest BCUT2D eigenvalue weighted by Gasteiger charge is -2.19. The molecule has 2 atom stereocenters. The van der Waals surface area contributed by atoms with Gasteiger partial charge in [0.2, 0.25) is 0 Å². The molecule has 0 fully saturated rings. The van der Waals surface area contributed by atoms with E-state index in [0.717, 1.165) is 44.5 Å². The maximum absolute atomic E-state index is 13.4. The van der Waals surface area contributed by atoms with Crippen LogP contribution in [0.25, 0.3) is 0 Å². The first-order valence-electron chi connectivity index (χ1n) is 35.4. The fourth-order valence-electron chi connectivity index (χ4n) is 10.0. The van der Waals surface area contributed by atoms with E-state index in [4.69, 9.17) is 42.9 Å². The van der Waals surface area contributed by atoms with Crippen LogP contribution in [0.15, 0.2) is 168 Å². The van der Waals surface area contributed by atoms with E-state index in [-0.39, 0.29) is 71.1 Å². The molecule has 0 bridgehead atoms. The van der Waals surface area contributed by atoms with Gasteiger partial charge in [-0.3, -0.25) is 24.0 Å². The van der Waals surface area contributed by atoms with Crippen LogP contribution in [-0.4, -0.2) is 149 Å². The fraction of sp³-hybridized carbons (Fsp3) is 0.304. The lowest BCUT2D eigenvalue weighted by Crippen LogP contribution is -2.43. The Kier molecular flexibility index (Phi) is 39.4. The Bertz CT molecular complexity index is 4450. The number of aromatic hydroxyl groups is 2. The largest absolute Gasteiger partial charge is 0.507 e. The molecule has 32 heteroatoms. The van der Waals surface area contributed by atoms with Gasteiger partial charge in [-0.1, -0.05) is 111 Å². The van der Waals surface area contributed by atoms with Crippen LogP contribution in [0.5, 0.6) is 23.0 Å². The number of carboxylic acids is 2. The number of aldehydes is 1. The summed E-state index contributed by atoms with van der Waals surface area (Å²) in [6.07, 6.45) is 3.68. The molecular weight excluding hydrogens is 1540 g/mol. The zero-order valence-electron chi connectivity index (χ0n) is 61.8. The van der Waals surface area contributed by atoms with Crippen LogP contribution in [0.1, 0.15) is 135 Å². The third-order valence-corrected chi connectivity index (χ3v) is 21.0. The average Bonchev–Trinajstić information content (AvgIpc) is 1.63. The van der Waals surface area contributed by atoms with Gasteiger partial charge in [-0.15, -0.1) is 22.7 Å². The van der Waals surface area contributed by atoms with E-state index in [1.807, 2.05) is 119 Å². The zero-order valence-corrected chi connectivity index (χ0v) is 66.6. The van der Waals surface area contributed by atoms with Crippen LogP contribution in [0.2, 0.25) is 10.0 Å². The smallest absolute Gasteiger partial charge is 0.339 e. The number of thioether (sulfide) groups is 2. The standard InChI is InChI=1S/C39H45ClN6O7S2.C32H40ClN5O4S2.C8H6O4/c1-3-32(44-37(49)35-16-14-29(55-35)21-41-20-26-11-15-34(47)30(19-26)38(50)51)33(24-54-23-27-7-5-6-8-31(27)40)45-46-39(52)43-18-17-25-9-12-28(13-10-25)53-22-36(48)42-4-2;1-4-25-15-16-29(44-25)31(40)36-27(5-2)28(21-43-20-23-9-7-8-10-26(23)33)37-38-32(41)35-18-17-22-11-13-24(14-12-22)42-19-30(39)34-6-3;9-4-5-1-2-7(10)6(3-5)8(11)12/h5-16,19,32,41,47H,3-4,17-18,20-24H2,1-2H3,(H,42,48)(H,44,49)(H,50,51)(H2,43,46,52);7-16,27H,4-6,17-21H2,1-3H3,(H,34,39)(H,36,40)(H2,35,38,41);1-4,10H,(H,11,12)/b45-33+;37-28+;/t32-;27-;/m00./s1. The highest BCUT2D eigenvalue weighted by Gasteiger charge is 2.23. The van der Waals surface area contributed by atoms with Crippen molar-refractivity contribution in [1.82, 2.24) is 48.1 Å². The lowest BCUT2D eigenvalue weighted by atomic mass is 10.1. The number of carbonyl (C=O) groups is 9. The minimum absolute atomic E-state index is 0.0354. The maximum Gasteiger partial charge on any atom is 0.339 e. The number of carbonyl (C=O) groups excluding carboxylic acids is 7. The second-order valence-corrected chi connectivity index (χ2v) is 29.2. The van der Waals surface area contributed by atoms with Crippen LogP contribution < -0.4 is 57.5 Å². The Hall–Kier alpha value is -10.5. The fourth-order valence-corrected chi connectivity index (χ4v) is 14.4.